The quantitative estimate of drug-likeness (QED) is 0.823. The highest BCUT2D eigenvalue weighted by Gasteiger charge is 2.07. The van der Waals surface area contributed by atoms with Crippen molar-refractivity contribution in [2.24, 2.45) is 0 Å². The molecule has 1 aromatic carbocycles. The van der Waals surface area contributed by atoms with Crippen molar-refractivity contribution < 1.29 is 5.11 Å². The van der Waals surface area contributed by atoms with Crippen LogP contribution >= 0.6 is 11.8 Å². The summed E-state index contributed by atoms with van der Waals surface area (Å²) in [6.45, 7) is 4.20. The van der Waals surface area contributed by atoms with Gasteiger partial charge in [-0.25, -0.2) is 0 Å². The fraction of sp³-hybridized carbons (Fsp3) is 0.353. The molecular formula is C17H21NOS. The van der Waals surface area contributed by atoms with Crippen LogP contribution in [0.3, 0.4) is 0 Å². The minimum absolute atomic E-state index is 0.361. The highest BCUT2D eigenvalue weighted by molar-refractivity contribution is 7.99. The summed E-state index contributed by atoms with van der Waals surface area (Å²) in [5.41, 5.74) is 3.44. The van der Waals surface area contributed by atoms with E-state index in [1.54, 1.807) is 11.8 Å². The SMILES string of the molecule is CCc1ccc(CC(O)CSc2cccc(C)c2)nc1. The molecule has 2 aromatic rings. The zero-order chi connectivity index (χ0) is 14.4. The van der Waals surface area contributed by atoms with Crippen molar-refractivity contribution in [3.05, 3.63) is 59.4 Å². The van der Waals surface area contributed by atoms with Gasteiger partial charge in [-0.05, 0) is 37.1 Å². The van der Waals surface area contributed by atoms with Crippen LogP contribution in [0.1, 0.15) is 23.7 Å². The standard InChI is InChI=1S/C17H21NOS/c1-3-14-7-8-15(18-11-14)10-16(19)12-20-17-6-4-5-13(2)9-17/h4-9,11,16,19H,3,10,12H2,1-2H3. The number of hydrogen-bond acceptors (Lipinski definition) is 3. The Morgan fingerprint density at radius 2 is 2.10 bits per heavy atom. The third kappa shape index (κ3) is 4.66. The maximum Gasteiger partial charge on any atom is 0.0689 e. The molecule has 0 spiro atoms. The fourth-order valence-electron chi connectivity index (χ4n) is 1.98. The van der Waals surface area contributed by atoms with Crippen LogP contribution in [-0.4, -0.2) is 21.9 Å². The van der Waals surface area contributed by atoms with Crippen LogP contribution in [0.15, 0.2) is 47.5 Å². The molecule has 1 heterocycles. The van der Waals surface area contributed by atoms with Gasteiger partial charge >= 0.3 is 0 Å². The summed E-state index contributed by atoms with van der Waals surface area (Å²) in [6, 6.07) is 12.5. The van der Waals surface area contributed by atoms with E-state index in [0.717, 1.165) is 12.1 Å². The summed E-state index contributed by atoms with van der Waals surface area (Å²) in [6.07, 6.45) is 3.15. The Morgan fingerprint density at radius 3 is 2.75 bits per heavy atom. The van der Waals surface area contributed by atoms with Crippen molar-refractivity contribution >= 4 is 11.8 Å². The van der Waals surface area contributed by atoms with Crippen molar-refractivity contribution in [3.63, 3.8) is 0 Å². The molecule has 0 fully saturated rings. The first-order chi connectivity index (χ1) is 9.67. The van der Waals surface area contributed by atoms with Gasteiger partial charge in [0.15, 0.2) is 0 Å². The van der Waals surface area contributed by atoms with Gasteiger partial charge in [0.25, 0.3) is 0 Å². The van der Waals surface area contributed by atoms with E-state index in [0.29, 0.717) is 12.2 Å². The summed E-state index contributed by atoms with van der Waals surface area (Å²) >= 11 is 1.69. The maximum absolute atomic E-state index is 10.1. The molecule has 0 aliphatic rings. The number of pyridine rings is 1. The third-order valence-corrected chi connectivity index (χ3v) is 4.31. The number of nitrogens with zero attached hydrogens (tertiary/aromatic N) is 1. The molecule has 2 rings (SSSR count). The molecule has 0 saturated carbocycles. The second-order valence-electron chi connectivity index (χ2n) is 5.00. The molecular weight excluding hydrogens is 266 g/mol. The molecule has 1 aromatic heterocycles. The topological polar surface area (TPSA) is 33.1 Å². The third-order valence-electron chi connectivity index (χ3n) is 3.17. The molecule has 1 unspecified atom stereocenters. The summed E-state index contributed by atoms with van der Waals surface area (Å²) in [5.74, 6) is 0.695. The summed E-state index contributed by atoms with van der Waals surface area (Å²) in [4.78, 5) is 5.60. The van der Waals surface area contributed by atoms with Crippen LogP contribution in [0.25, 0.3) is 0 Å². The van der Waals surface area contributed by atoms with Crippen molar-refractivity contribution in [1.29, 1.82) is 0 Å². The first kappa shape index (κ1) is 15.1. The maximum atomic E-state index is 10.1. The van der Waals surface area contributed by atoms with Gasteiger partial charge in [0, 0.05) is 29.0 Å². The van der Waals surface area contributed by atoms with Gasteiger partial charge in [-0.15, -0.1) is 11.8 Å². The largest absolute Gasteiger partial charge is 0.392 e. The molecule has 0 aliphatic heterocycles. The van der Waals surface area contributed by atoms with E-state index in [1.165, 1.54) is 16.0 Å². The van der Waals surface area contributed by atoms with Crippen LogP contribution in [-0.2, 0) is 12.8 Å². The van der Waals surface area contributed by atoms with Crippen LogP contribution in [0, 0.1) is 6.92 Å². The minimum Gasteiger partial charge on any atom is -0.392 e. The van der Waals surface area contributed by atoms with Crippen LogP contribution in [0.5, 0.6) is 0 Å². The molecule has 106 valence electrons. The zero-order valence-corrected chi connectivity index (χ0v) is 12.9. The summed E-state index contributed by atoms with van der Waals surface area (Å²) < 4.78 is 0. The highest BCUT2D eigenvalue weighted by atomic mass is 32.2. The molecule has 0 aliphatic carbocycles. The number of aromatic nitrogens is 1. The van der Waals surface area contributed by atoms with E-state index in [-0.39, 0.29) is 6.10 Å². The number of aryl methyl sites for hydroxylation is 2. The molecule has 1 N–H and O–H groups in total. The Balaban J connectivity index is 1.84. The van der Waals surface area contributed by atoms with Crippen molar-refractivity contribution in [3.8, 4) is 0 Å². The number of benzene rings is 1. The number of aliphatic hydroxyl groups excluding tert-OH is 1. The smallest absolute Gasteiger partial charge is 0.0689 e. The molecule has 0 bridgehead atoms. The Labute approximate surface area is 125 Å². The predicted molar refractivity (Wildman–Crippen MR) is 85.2 cm³/mol. The van der Waals surface area contributed by atoms with Gasteiger partial charge < -0.3 is 5.11 Å². The lowest BCUT2D eigenvalue weighted by Gasteiger charge is -2.10. The molecule has 0 amide bonds. The van der Waals surface area contributed by atoms with Gasteiger partial charge in [-0.2, -0.15) is 0 Å². The average Bonchev–Trinajstić information content (AvgIpc) is 2.46. The van der Waals surface area contributed by atoms with Gasteiger partial charge in [0.05, 0.1) is 6.10 Å². The van der Waals surface area contributed by atoms with Gasteiger partial charge in [0.2, 0.25) is 0 Å². The molecule has 0 radical (unpaired) electrons. The number of aliphatic hydroxyl groups is 1. The Kier molecular flexibility index (Phi) is 5.62. The van der Waals surface area contributed by atoms with Gasteiger partial charge in [-0.1, -0.05) is 30.7 Å². The van der Waals surface area contributed by atoms with Crippen LogP contribution in [0.2, 0.25) is 0 Å². The zero-order valence-electron chi connectivity index (χ0n) is 12.0. The van der Waals surface area contributed by atoms with Gasteiger partial charge in [0.1, 0.15) is 0 Å². The lowest BCUT2D eigenvalue weighted by atomic mass is 10.1. The van der Waals surface area contributed by atoms with Crippen LogP contribution in [0.4, 0.5) is 0 Å². The number of hydrogen-bond donors (Lipinski definition) is 1. The second-order valence-corrected chi connectivity index (χ2v) is 6.09. The first-order valence-corrected chi connectivity index (χ1v) is 7.97. The highest BCUT2D eigenvalue weighted by Crippen LogP contribution is 2.20. The van der Waals surface area contributed by atoms with E-state index < -0.39 is 0 Å². The molecule has 20 heavy (non-hydrogen) atoms. The molecule has 0 saturated heterocycles. The van der Waals surface area contributed by atoms with E-state index in [9.17, 15) is 5.11 Å². The minimum atomic E-state index is -0.361. The van der Waals surface area contributed by atoms with Crippen molar-refractivity contribution in [1.82, 2.24) is 4.98 Å². The van der Waals surface area contributed by atoms with Crippen LogP contribution < -0.4 is 0 Å². The van der Waals surface area contributed by atoms with E-state index in [4.69, 9.17) is 0 Å². The predicted octanol–water partition coefficient (Wildman–Crippen LogP) is 3.65. The van der Waals surface area contributed by atoms with E-state index >= 15 is 0 Å². The Bertz CT molecular complexity index is 539. The summed E-state index contributed by atoms with van der Waals surface area (Å²) in [5, 5.41) is 10.1. The van der Waals surface area contributed by atoms with Gasteiger partial charge in [-0.3, -0.25) is 4.98 Å². The first-order valence-electron chi connectivity index (χ1n) is 6.98. The average molecular weight is 287 g/mol. The van der Waals surface area contributed by atoms with E-state index in [1.807, 2.05) is 12.3 Å². The molecule has 3 heteroatoms. The number of rotatable bonds is 6. The lowest BCUT2D eigenvalue weighted by Crippen LogP contribution is -2.14. The monoisotopic (exact) mass is 287 g/mol. The lowest BCUT2D eigenvalue weighted by molar-refractivity contribution is 0.199. The Morgan fingerprint density at radius 1 is 1.25 bits per heavy atom. The number of thioether (sulfide) groups is 1. The van der Waals surface area contributed by atoms with E-state index in [2.05, 4.69) is 49.2 Å². The second kappa shape index (κ2) is 7.46. The van der Waals surface area contributed by atoms with Crippen molar-refractivity contribution in [2.45, 2.75) is 37.7 Å². The molecule has 1 atom stereocenters. The normalized spacial score (nSPS) is 12.3. The fourth-order valence-corrected chi connectivity index (χ4v) is 2.93. The summed E-state index contributed by atoms with van der Waals surface area (Å²) in [7, 11) is 0. The molecule has 2 nitrogen and oxygen atoms in total. The van der Waals surface area contributed by atoms with Crippen molar-refractivity contribution in [2.75, 3.05) is 5.75 Å². The Hall–Kier alpha value is -1.32.